The lowest BCUT2D eigenvalue weighted by Gasteiger charge is -1.98. The van der Waals surface area contributed by atoms with Crippen molar-refractivity contribution in [1.29, 1.82) is 0 Å². The summed E-state index contributed by atoms with van der Waals surface area (Å²) in [5.74, 6) is 0.230. The van der Waals surface area contributed by atoms with Crippen molar-refractivity contribution in [3.05, 3.63) is 0 Å². The third kappa shape index (κ3) is 4.31. The van der Waals surface area contributed by atoms with Gasteiger partial charge < -0.3 is 11.5 Å². The Bertz CT molecular complexity index is 364. The molecule has 0 spiro atoms. The molecule has 0 saturated heterocycles. The number of carbonyl (C=O) groups is 2. The minimum Gasteiger partial charge on any atom is -0.368 e. The summed E-state index contributed by atoms with van der Waals surface area (Å²) in [5, 5.41) is 8.62. The van der Waals surface area contributed by atoms with E-state index in [0.29, 0.717) is 10.9 Å². The van der Waals surface area contributed by atoms with E-state index in [-0.39, 0.29) is 12.4 Å². The number of carbonyl (C=O) groups excluding carboxylic acids is 2. The Labute approximate surface area is 89.2 Å². The van der Waals surface area contributed by atoms with Gasteiger partial charge in [-0.3, -0.25) is 10.1 Å². The van der Waals surface area contributed by atoms with Crippen LogP contribution in [0.2, 0.25) is 0 Å². The number of H-pyrrole nitrogens is 1. The van der Waals surface area contributed by atoms with Crippen molar-refractivity contribution >= 4 is 29.6 Å². The number of urea groups is 1. The van der Waals surface area contributed by atoms with E-state index in [9.17, 15) is 9.59 Å². The maximum atomic E-state index is 11.0. The molecule has 0 aromatic carbocycles. The molecule has 0 aliphatic rings. The second-order valence-corrected chi connectivity index (χ2v) is 3.58. The minimum atomic E-state index is -0.855. The van der Waals surface area contributed by atoms with Crippen LogP contribution < -0.4 is 16.8 Å². The van der Waals surface area contributed by atoms with Crippen LogP contribution in [0.5, 0.6) is 0 Å². The van der Waals surface area contributed by atoms with Gasteiger partial charge in [-0.05, 0) is 0 Å². The van der Waals surface area contributed by atoms with Gasteiger partial charge in [0.15, 0.2) is 0 Å². The smallest absolute Gasteiger partial charge is 0.318 e. The number of hydrogen-bond acceptors (Lipinski definition) is 6. The monoisotopic (exact) mass is 230 g/mol. The Kier molecular flexibility index (Phi) is 3.92. The van der Waals surface area contributed by atoms with Crippen LogP contribution in [0.1, 0.15) is 6.42 Å². The van der Waals surface area contributed by atoms with E-state index in [1.54, 1.807) is 0 Å². The standard InChI is InChI=1S/C6H10N6O2S/c7-4-10-6(12-11-4)15-2-1-3(13)9-5(8)14/h1-2H2,(H3,7,10,11,12)(H3,8,9,13,14). The Morgan fingerprint density at radius 2 is 2.27 bits per heavy atom. The average molecular weight is 230 g/mol. The molecular weight excluding hydrogens is 220 g/mol. The number of rotatable bonds is 4. The van der Waals surface area contributed by atoms with Gasteiger partial charge in [-0.1, -0.05) is 11.8 Å². The molecule has 1 aromatic heterocycles. The highest BCUT2D eigenvalue weighted by Gasteiger charge is 2.06. The largest absolute Gasteiger partial charge is 0.368 e. The van der Waals surface area contributed by atoms with E-state index in [4.69, 9.17) is 11.5 Å². The number of primary amides is 1. The molecule has 0 fully saturated rings. The molecular formula is C6H10N6O2S. The van der Waals surface area contributed by atoms with Gasteiger partial charge >= 0.3 is 6.03 Å². The van der Waals surface area contributed by atoms with E-state index >= 15 is 0 Å². The molecule has 0 saturated carbocycles. The van der Waals surface area contributed by atoms with E-state index in [1.807, 2.05) is 5.32 Å². The molecule has 3 amide bonds. The summed E-state index contributed by atoms with van der Waals surface area (Å²) < 4.78 is 0. The van der Waals surface area contributed by atoms with Crippen molar-refractivity contribution < 1.29 is 9.59 Å². The van der Waals surface area contributed by atoms with Crippen LogP contribution in [0.15, 0.2) is 5.16 Å². The number of aromatic amines is 1. The van der Waals surface area contributed by atoms with Crippen molar-refractivity contribution in [1.82, 2.24) is 20.5 Å². The fourth-order valence-electron chi connectivity index (χ4n) is 0.758. The van der Waals surface area contributed by atoms with Crippen LogP contribution in [0.4, 0.5) is 10.7 Å². The van der Waals surface area contributed by atoms with Gasteiger partial charge in [-0.25, -0.2) is 9.89 Å². The van der Waals surface area contributed by atoms with Crippen molar-refractivity contribution in [3.8, 4) is 0 Å². The summed E-state index contributed by atoms with van der Waals surface area (Å²) in [6.07, 6.45) is 0.155. The lowest BCUT2D eigenvalue weighted by atomic mass is 10.4. The molecule has 0 unspecified atom stereocenters. The molecule has 15 heavy (non-hydrogen) atoms. The molecule has 9 heteroatoms. The predicted molar refractivity (Wildman–Crippen MR) is 53.9 cm³/mol. The molecule has 0 atom stereocenters. The molecule has 0 aliphatic carbocycles. The second kappa shape index (κ2) is 5.20. The summed E-state index contributed by atoms with van der Waals surface area (Å²) >= 11 is 1.25. The quantitative estimate of drug-likeness (QED) is 0.492. The Balaban J connectivity index is 2.22. The highest BCUT2D eigenvalue weighted by Crippen LogP contribution is 2.13. The van der Waals surface area contributed by atoms with Crippen LogP contribution in [0, 0.1) is 0 Å². The number of hydrogen-bond donors (Lipinski definition) is 4. The fourth-order valence-corrected chi connectivity index (χ4v) is 1.50. The maximum absolute atomic E-state index is 11.0. The SMILES string of the molecule is NC(=O)NC(=O)CCSc1n[nH]c(N)n1. The Morgan fingerprint density at radius 1 is 1.53 bits per heavy atom. The number of thioether (sulfide) groups is 1. The van der Waals surface area contributed by atoms with Gasteiger partial charge in [0.05, 0.1) is 0 Å². The topological polar surface area (TPSA) is 140 Å². The molecule has 0 radical (unpaired) electrons. The number of nitrogens with two attached hydrogens (primary N) is 2. The van der Waals surface area contributed by atoms with Gasteiger partial charge in [0.2, 0.25) is 17.0 Å². The van der Waals surface area contributed by atoms with E-state index in [0.717, 1.165) is 0 Å². The van der Waals surface area contributed by atoms with Crippen molar-refractivity contribution in [2.24, 2.45) is 5.73 Å². The molecule has 0 aliphatic heterocycles. The molecule has 1 aromatic rings. The van der Waals surface area contributed by atoms with Crippen LogP contribution in [0.25, 0.3) is 0 Å². The van der Waals surface area contributed by atoms with Crippen molar-refractivity contribution in [2.45, 2.75) is 11.6 Å². The van der Waals surface area contributed by atoms with Crippen molar-refractivity contribution in [3.63, 3.8) is 0 Å². The fraction of sp³-hybridized carbons (Fsp3) is 0.333. The number of aromatic nitrogens is 3. The predicted octanol–water partition coefficient (Wildman–Crippen LogP) is -0.936. The zero-order chi connectivity index (χ0) is 11.3. The van der Waals surface area contributed by atoms with Crippen LogP contribution in [-0.2, 0) is 4.79 Å². The molecule has 1 heterocycles. The zero-order valence-corrected chi connectivity index (χ0v) is 8.50. The molecule has 8 nitrogen and oxygen atoms in total. The summed E-state index contributed by atoms with van der Waals surface area (Å²) in [4.78, 5) is 25.1. The highest BCUT2D eigenvalue weighted by atomic mass is 32.2. The van der Waals surface area contributed by atoms with Gasteiger partial charge in [0.25, 0.3) is 0 Å². The summed E-state index contributed by atoms with van der Waals surface area (Å²) in [6, 6.07) is -0.855. The van der Waals surface area contributed by atoms with Crippen LogP contribution in [0.3, 0.4) is 0 Å². The third-order valence-corrected chi connectivity index (χ3v) is 2.15. The summed E-state index contributed by atoms with van der Waals surface area (Å²) in [7, 11) is 0. The highest BCUT2D eigenvalue weighted by molar-refractivity contribution is 7.99. The zero-order valence-electron chi connectivity index (χ0n) is 7.69. The lowest BCUT2D eigenvalue weighted by molar-refractivity contribution is -0.119. The number of nitrogen functional groups attached to an aromatic ring is 1. The van der Waals surface area contributed by atoms with Gasteiger partial charge in [-0.2, -0.15) is 4.98 Å². The Morgan fingerprint density at radius 3 is 2.80 bits per heavy atom. The number of amides is 3. The molecule has 6 N–H and O–H groups in total. The van der Waals surface area contributed by atoms with Gasteiger partial charge in [0, 0.05) is 12.2 Å². The minimum absolute atomic E-state index is 0.155. The first-order valence-electron chi connectivity index (χ1n) is 3.98. The average Bonchev–Trinajstić information content (AvgIpc) is 2.50. The van der Waals surface area contributed by atoms with Gasteiger partial charge in [-0.15, -0.1) is 5.10 Å². The Hall–Kier alpha value is -1.77. The number of nitrogens with one attached hydrogen (secondary N) is 2. The molecule has 0 bridgehead atoms. The summed E-state index contributed by atoms with van der Waals surface area (Å²) in [5.41, 5.74) is 10.0. The molecule has 82 valence electrons. The number of nitrogens with zero attached hydrogens (tertiary/aromatic N) is 2. The van der Waals surface area contributed by atoms with Crippen molar-refractivity contribution in [2.75, 3.05) is 11.5 Å². The van der Waals surface area contributed by atoms with E-state index in [1.165, 1.54) is 11.8 Å². The number of anilines is 1. The normalized spacial score (nSPS) is 9.87. The lowest BCUT2D eigenvalue weighted by Crippen LogP contribution is -2.35. The second-order valence-electron chi connectivity index (χ2n) is 2.51. The third-order valence-electron chi connectivity index (χ3n) is 1.31. The van der Waals surface area contributed by atoms with Crippen LogP contribution in [-0.4, -0.2) is 32.9 Å². The first kappa shape index (κ1) is 11.3. The van der Waals surface area contributed by atoms with Crippen LogP contribution >= 0.6 is 11.8 Å². The first-order chi connectivity index (χ1) is 7.08. The summed E-state index contributed by atoms with van der Waals surface area (Å²) in [6.45, 7) is 0. The maximum Gasteiger partial charge on any atom is 0.318 e. The van der Waals surface area contributed by atoms with Gasteiger partial charge in [0.1, 0.15) is 0 Å². The molecule has 1 rings (SSSR count). The van der Waals surface area contributed by atoms with E-state index in [2.05, 4.69) is 15.2 Å². The van der Waals surface area contributed by atoms with E-state index < -0.39 is 11.9 Å². The number of imide groups is 1. The first-order valence-corrected chi connectivity index (χ1v) is 4.96.